The molecule has 3 rings (SSSR count). The summed E-state index contributed by atoms with van der Waals surface area (Å²) < 4.78 is 7.54. The quantitative estimate of drug-likeness (QED) is 0.890. The largest absolute Gasteiger partial charge is 0.358 e. The average Bonchev–Trinajstić information content (AvgIpc) is 2.97. The van der Waals surface area contributed by atoms with Crippen molar-refractivity contribution in [2.75, 3.05) is 12.4 Å². The van der Waals surface area contributed by atoms with Crippen molar-refractivity contribution in [2.45, 2.75) is 38.8 Å². The summed E-state index contributed by atoms with van der Waals surface area (Å²) in [5.41, 5.74) is 2.54. The number of aryl methyl sites for hydroxylation is 2. The zero-order valence-corrected chi connectivity index (χ0v) is 13.1. The van der Waals surface area contributed by atoms with Crippen LogP contribution in [0.15, 0.2) is 36.4 Å². The second-order valence-corrected chi connectivity index (χ2v) is 5.47. The van der Waals surface area contributed by atoms with Gasteiger partial charge >= 0.3 is 0 Å². The first kappa shape index (κ1) is 14.8. The maximum absolute atomic E-state index is 5.39. The fourth-order valence-corrected chi connectivity index (χ4v) is 2.77. The van der Waals surface area contributed by atoms with Crippen molar-refractivity contribution in [3.8, 4) is 0 Å². The fraction of sp³-hybridized carbons (Fsp3) is 0.412. The van der Waals surface area contributed by atoms with E-state index in [1.54, 1.807) is 7.11 Å². The van der Waals surface area contributed by atoms with E-state index in [0.717, 1.165) is 37.5 Å². The highest BCUT2D eigenvalue weighted by Gasteiger charge is 2.22. The highest BCUT2D eigenvalue weighted by atomic mass is 16.5. The number of fused-ring (bicyclic) bond motifs is 1. The minimum atomic E-state index is -0.125. The number of nitrogens with zero attached hydrogens (tertiary/aromatic N) is 3. The third kappa shape index (κ3) is 3.04. The van der Waals surface area contributed by atoms with Crippen LogP contribution in [0.3, 0.4) is 0 Å². The van der Waals surface area contributed by atoms with E-state index in [4.69, 9.17) is 4.74 Å². The normalized spacial score (nSPS) is 16.8. The Labute approximate surface area is 131 Å². The van der Waals surface area contributed by atoms with Gasteiger partial charge in [0.05, 0.1) is 0 Å². The Morgan fingerprint density at radius 1 is 1.14 bits per heavy atom. The summed E-state index contributed by atoms with van der Waals surface area (Å²) in [4.78, 5) is 0. The maximum Gasteiger partial charge on any atom is 0.231 e. The van der Waals surface area contributed by atoms with Crippen molar-refractivity contribution in [3.63, 3.8) is 0 Å². The number of ether oxygens (including phenoxy) is 1. The van der Waals surface area contributed by atoms with E-state index in [2.05, 4.69) is 57.3 Å². The molecule has 0 fully saturated rings. The molecule has 2 aromatic rings. The summed E-state index contributed by atoms with van der Waals surface area (Å²) >= 11 is 0. The molecule has 1 atom stereocenters. The Morgan fingerprint density at radius 2 is 1.95 bits per heavy atom. The van der Waals surface area contributed by atoms with Gasteiger partial charge in [-0.3, -0.25) is 4.57 Å². The first-order chi connectivity index (χ1) is 10.8. The lowest BCUT2D eigenvalue weighted by Gasteiger charge is -2.24. The van der Waals surface area contributed by atoms with E-state index in [1.807, 2.05) is 6.07 Å². The van der Waals surface area contributed by atoms with Gasteiger partial charge in [0.15, 0.2) is 6.23 Å². The minimum absolute atomic E-state index is 0.125. The number of aromatic nitrogens is 3. The number of hydrogen-bond acceptors (Lipinski definition) is 4. The highest BCUT2D eigenvalue weighted by molar-refractivity contribution is 5.58. The predicted octanol–water partition coefficient (Wildman–Crippen LogP) is 3.10. The van der Waals surface area contributed by atoms with Crippen molar-refractivity contribution < 1.29 is 4.74 Å². The molecule has 0 saturated carbocycles. The van der Waals surface area contributed by atoms with Crippen LogP contribution in [-0.2, 0) is 17.6 Å². The standard InChI is InChI=1S/C17H22N4O/c1-3-7-14-12-16(22-2)18-17-20-19-15(21(14)17)11-10-13-8-5-4-6-9-13/h4-6,8-9,12,16H,3,7,10-11H2,1-2H3,(H,18,20). The molecule has 1 unspecified atom stereocenters. The van der Waals surface area contributed by atoms with Gasteiger partial charge < -0.3 is 10.1 Å². The monoisotopic (exact) mass is 298 g/mol. The van der Waals surface area contributed by atoms with Crippen LogP contribution in [0, 0.1) is 0 Å². The van der Waals surface area contributed by atoms with E-state index in [1.165, 1.54) is 11.3 Å². The SMILES string of the molecule is CCCC1=CC(OC)Nc2nnc(CCc3ccccc3)n21. The van der Waals surface area contributed by atoms with Crippen molar-refractivity contribution in [1.82, 2.24) is 14.8 Å². The second kappa shape index (κ2) is 6.75. The Bertz CT molecular complexity index is 648. The van der Waals surface area contributed by atoms with Crippen LogP contribution in [0.4, 0.5) is 5.95 Å². The van der Waals surface area contributed by atoms with Gasteiger partial charge in [0, 0.05) is 19.2 Å². The third-order valence-corrected chi connectivity index (χ3v) is 3.87. The van der Waals surface area contributed by atoms with E-state index in [0.29, 0.717) is 0 Å². The van der Waals surface area contributed by atoms with E-state index in [9.17, 15) is 0 Å². The van der Waals surface area contributed by atoms with Gasteiger partial charge in [-0.15, -0.1) is 10.2 Å². The molecular weight excluding hydrogens is 276 g/mol. The number of rotatable bonds is 6. The molecule has 1 aliphatic heterocycles. The van der Waals surface area contributed by atoms with Crippen molar-refractivity contribution in [2.24, 2.45) is 0 Å². The summed E-state index contributed by atoms with van der Waals surface area (Å²) in [5, 5.41) is 11.9. The number of benzene rings is 1. The Hall–Kier alpha value is -2.14. The topological polar surface area (TPSA) is 52.0 Å². The van der Waals surface area contributed by atoms with Gasteiger partial charge in [0.2, 0.25) is 5.95 Å². The summed E-state index contributed by atoms with van der Waals surface area (Å²) in [5.74, 6) is 1.78. The van der Waals surface area contributed by atoms with Crippen LogP contribution in [0.1, 0.15) is 31.2 Å². The van der Waals surface area contributed by atoms with Crippen LogP contribution in [0.25, 0.3) is 5.70 Å². The Kier molecular flexibility index (Phi) is 4.53. The van der Waals surface area contributed by atoms with Crippen molar-refractivity contribution >= 4 is 11.6 Å². The molecular formula is C17H22N4O. The number of allylic oxidation sites excluding steroid dienone is 1. The van der Waals surface area contributed by atoms with Gasteiger partial charge in [0.25, 0.3) is 0 Å². The fourth-order valence-electron chi connectivity index (χ4n) is 2.77. The average molecular weight is 298 g/mol. The lowest BCUT2D eigenvalue weighted by molar-refractivity contribution is 0.160. The van der Waals surface area contributed by atoms with Crippen LogP contribution < -0.4 is 5.32 Å². The zero-order chi connectivity index (χ0) is 15.4. The molecule has 1 aromatic carbocycles. The molecule has 0 bridgehead atoms. The van der Waals surface area contributed by atoms with Gasteiger partial charge in [-0.05, 0) is 24.5 Å². The molecule has 0 spiro atoms. The summed E-state index contributed by atoms with van der Waals surface area (Å²) in [6, 6.07) is 10.5. The van der Waals surface area contributed by atoms with Crippen LogP contribution in [0.2, 0.25) is 0 Å². The van der Waals surface area contributed by atoms with Crippen LogP contribution >= 0.6 is 0 Å². The molecule has 0 radical (unpaired) electrons. The second-order valence-electron chi connectivity index (χ2n) is 5.47. The molecule has 0 amide bonds. The Morgan fingerprint density at radius 3 is 2.68 bits per heavy atom. The first-order valence-corrected chi connectivity index (χ1v) is 7.80. The van der Waals surface area contributed by atoms with Gasteiger partial charge in [-0.2, -0.15) is 0 Å². The number of anilines is 1. The third-order valence-electron chi connectivity index (χ3n) is 3.87. The molecule has 1 N–H and O–H groups in total. The minimum Gasteiger partial charge on any atom is -0.358 e. The number of methoxy groups -OCH3 is 1. The lowest BCUT2D eigenvalue weighted by atomic mass is 10.1. The van der Waals surface area contributed by atoms with Crippen LogP contribution in [-0.4, -0.2) is 28.1 Å². The molecule has 1 aromatic heterocycles. The Balaban J connectivity index is 1.81. The zero-order valence-electron chi connectivity index (χ0n) is 13.1. The van der Waals surface area contributed by atoms with Gasteiger partial charge in [0.1, 0.15) is 5.82 Å². The van der Waals surface area contributed by atoms with E-state index in [-0.39, 0.29) is 6.23 Å². The summed E-state index contributed by atoms with van der Waals surface area (Å²) in [6.45, 7) is 2.18. The molecule has 0 aliphatic carbocycles. The lowest BCUT2D eigenvalue weighted by Crippen LogP contribution is -2.27. The van der Waals surface area contributed by atoms with E-state index >= 15 is 0 Å². The maximum atomic E-state index is 5.39. The predicted molar refractivity (Wildman–Crippen MR) is 87.5 cm³/mol. The summed E-state index contributed by atoms with van der Waals surface area (Å²) in [6.07, 6.45) is 5.90. The molecule has 22 heavy (non-hydrogen) atoms. The molecule has 5 nitrogen and oxygen atoms in total. The summed E-state index contributed by atoms with van der Waals surface area (Å²) in [7, 11) is 1.69. The molecule has 5 heteroatoms. The molecule has 0 saturated heterocycles. The first-order valence-electron chi connectivity index (χ1n) is 7.80. The number of hydrogen-bond donors (Lipinski definition) is 1. The van der Waals surface area contributed by atoms with Gasteiger partial charge in [-0.1, -0.05) is 43.7 Å². The van der Waals surface area contributed by atoms with Crippen LogP contribution in [0.5, 0.6) is 0 Å². The van der Waals surface area contributed by atoms with Gasteiger partial charge in [-0.25, -0.2) is 0 Å². The number of nitrogens with one attached hydrogen (secondary N) is 1. The highest BCUT2D eigenvalue weighted by Crippen LogP contribution is 2.26. The molecule has 2 heterocycles. The van der Waals surface area contributed by atoms with Crippen molar-refractivity contribution in [3.05, 3.63) is 47.8 Å². The van der Waals surface area contributed by atoms with E-state index < -0.39 is 0 Å². The smallest absolute Gasteiger partial charge is 0.231 e. The molecule has 1 aliphatic rings. The van der Waals surface area contributed by atoms with Crippen molar-refractivity contribution in [1.29, 1.82) is 0 Å². The molecule has 116 valence electrons.